The number of aliphatic hydroxyl groups excluding tert-OH is 3. The van der Waals surface area contributed by atoms with Crippen molar-refractivity contribution in [1.82, 2.24) is 0 Å². The zero-order chi connectivity index (χ0) is 77.9. The number of anilines is 1. The van der Waals surface area contributed by atoms with Crippen molar-refractivity contribution in [3.05, 3.63) is 89.0 Å². The van der Waals surface area contributed by atoms with Gasteiger partial charge in [0.15, 0.2) is 12.3 Å². The van der Waals surface area contributed by atoms with Crippen molar-refractivity contribution in [2.75, 3.05) is 389 Å². The van der Waals surface area contributed by atoms with Crippen molar-refractivity contribution < 1.29 is 161 Å². The predicted octanol–water partition coefficient (Wildman–Crippen LogP) is -1.49. The van der Waals surface area contributed by atoms with E-state index >= 15 is 0 Å². The van der Waals surface area contributed by atoms with E-state index in [0.717, 1.165) is 45.0 Å². The van der Waals surface area contributed by atoms with E-state index in [1.165, 1.54) is 0 Å². The van der Waals surface area contributed by atoms with Gasteiger partial charge in [-0.2, -0.15) is 0 Å². The van der Waals surface area contributed by atoms with Crippen LogP contribution in [0.1, 0.15) is 16.7 Å². The van der Waals surface area contributed by atoms with E-state index in [1.54, 1.807) is 7.11 Å². The Labute approximate surface area is 665 Å². The molecule has 0 radical (unpaired) electrons. The zero-order valence-corrected chi connectivity index (χ0v) is 66.9. The monoisotopic (exact) mass is 1610 g/mol. The molecule has 0 fully saturated rings. The summed E-state index contributed by atoms with van der Waals surface area (Å²) in [5, 5.41) is 29.6. The highest BCUT2D eigenvalue weighted by Crippen LogP contribution is 2.34. The first-order chi connectivity index (χ1) is 54.7. The van der Waals surface area contributed by atoms with Crippen LogP contribution in [-0.4, -0.2) is 405 Å². The fourth-order valence-electron chi connectivity index (χ4n) is 9.39. The lowest BCUT2D eigenvalue weighted by Crippen LogP contribution is -3.00. The lowest BCUT2D eigenvalue weighted by Gasteiger charge is -2.17. The van der Waals surface area contributed by atoms with Gasteiger partial charge in [0.05, 0.1) is 364 Å². The Morgan fingerprint density at radius 2 is 0.523 bits per heavy atom. The molecule has 1 aliphatic rings. The normalized spacial score (nSPS) is 12.1. The Bertz CT molecular complexity index is 2390. The van der Waals surface area contributed by atoms with Crippen LogP contribution in [0.5, 0.6) is 5.75 Å². The van der Waals surface area contributed by atoms with Crippen LogP contribution in [0.25, 0.3) is 5.57 Å². The maximum Gasteiger partial charge on any atom is 0.198 e. The number of halogens is 1. The Morgan fingerprint density at radius 3 is 0.793 bits per heavy atom. The molecule has 111 heavy (non-hydrogen) atoms. The van der Waals surface area contributed by atoms with Crippen LogP contribution in [0.15, 0.2) is 72.3 Å². The molecule has 0 aromatic heterocycles. The molecule has 2 aromatic carbocycles. The molecule has 0 atom stereocenters. The molecule has 2 aromatic rings. The number of hydrogen-bond acceptors (Lipinski definition) is 31. The third-order valence-electron chi connectivity index (χ3n) is 14.9. The number of methoxy groups -OCH3 is 1. The zero-order valence-electron chi connectivity index (χ0n) is 66.1. The summed E-state index contributed by atoms with van der Waals surface area (Å²) in [7, 11) is 1.70. The summed E-state index contributed by atoms with van der Waals surface area (Å²) in [6.45, 7) is 25.4. The molecule has 0 amide bonds. The first-order valence-corrected chi connectivity index (χ1v) is 38.8. The van der Waals surface area contributed by atoms with Gasteiger partial charge < -0.3 is 161 Å². The SMILES string of the molecule is COc1cc(C(=C2C=CC(=[NH+]CCOCCOCCOCCOCCOCCOCCOCCOCCOCCOCCO)C=C2)c2ccc(NCCOCCOCCOCCOCCOCCOCCOCCOCCOCCOCCO)cc2)ccc1CCOCCOCCOCCOCCOCCOCCO.[Cl-]. The van der Waals surface area contributed by atoms with Gasteiger partial charge in [-0.05, 0) is 64.6 Å². The van der Waals surface area contributed by atoms with Crippen molar-refractivity contribution in [1.29, 1.82) is 0 Å². The van der Waals surface area contributed by atoms with Gasteiger partial charge in [-0.15, -0.1) is 0 Å². The lowest BCUT2D eigenvalue weighted by molar-refractivity contribution is -0.459. The molecular weight excluding hydrogens is 1480 g/mol. The second kappa shape index (κ2) is 84.0. The molecule has 0 spiro atoms. The van der Waals surface area contributed by atoms with Gasteiger partial charge in [0.25, 0.3) is 0 Å². The summed E-state index contributed by atoms with van der Waals surface area (Å²) in [4.78, 5) is 3.48. The van der Waals surface area contributed by atoms with Crippen LogP contribution in [0.3, 0.4) is 0 Å². The summed E-state index contributed by atoms with van der Waals surface area (Å²) in [5.41, 5.74) is 7.12. The van der Waals surface area contributed by atoms with E-state index in [-0.39, 0.29) is 32.2 Å². The van der Waals surface area contributed by atoms with Crippen molar-refractivity contribution in [3.8, 4) is 5.75 Å². The average Bonchev–Trinajstić information content (AvgIpc) is 0.798. The molecule has 0 unspecified atom stereocenters. The Balaban J connectivity index is 0.0000418. The van der Waals surface area contributed by atoms with Gasteiger partial charge in [-0.1, -0.05) is 24.3 Å². The van der Waals surface area contributed by atoms with E-state index in [2.05, 4.69) is 77.1 Å². The first kappa shape index (κ1) is 103. The molecule has 1 aliphatic carbocycles. The summed E-state index contributed by atoms with van der Waals surface area (Å²) >= 11 is 0. The number of rotatable bonds is 88. The van der Waals surface area contributed by atoms with Crippen molar-refractivity contribution >= 4 is 17.0 Å². The third-order valence-corrected chi connectivity index (χ3v) is 14.9. The van der Waals surface area contributed by atoms with Crippen LogP contribution >= 0.6 is 0 Å². The largest absolute Gasteiger partial charge is 1.00 e. The predicted molar refractivity (Wildman–Crippen MR) is 409 cm³/mol. The summed E-state index contributed by atoms with van der Waals surface area (Å²) in [5.74, 6) is 0.774. The number of allylic oxidation sites excluding steroid dienone is 5. The Morgan fingerprint density at radius 1 is 0.279 bits per heavy atom. The van der Waals surface area contributed by atoms with Crippen molar-refractivity contribution in [2.45, 2.75) is 6.42 Å². The second-order valence-corrected chi connectivity index (χ2v) is 23.3. The number of ether oxygens (including phenoxy) is 27. The van der Waals surface area contributed by atoms with E-state index in [1.807, 2.05) is 0 Å². The van der Waals surface area contributed by atoms with Gasteiger partial charge in [-0.25, -0.2) is 4.99 Å². The Kier molecular flexibility index (Phi) is 78.0. The molecule has 0 saturated carbocycles. The van der Waals surface area contributed by atoms with E-state index in [0.29, 0.717) is 363 Å². The topological polar surface area (TPSA) is 336 Å². The lowest BCUT2D eigenvalue weighted by atomic mass is 9.90. The molecule has 5 N–H and O–H groups in total. The highest BCUT2D eigenvalue weighted by Gasteiger charge is 2.16. The van der Waals surface area contributed by atoms with E-state index in [4.69, 9.17) is 143 Å². The van der Waals surface area contributed by atoms with Crippen LogP contribution in [-0.2, 0) is 130 Å². The van der Waals surface area contributed by atoms with Crippen LogP contribution in [0.4, 0.5) is 5.69 Å². The van der Waals surface area contributed by atoms with Crippen LogP contribution in [0, 0.1) is 0 Å². The molecule has 32 nitrogen and oxygen atoms in total. The van der Waals surface area contributed by atoms with Gasteiger partial charge in [0.1, 0.15) is 12.4 Å². The first-order valence-electron chi connectivity index (χ1n) is 38.8. The highest BCUT2D eigenvalue weighted by atomic mass is 35.5. The molecule has 0 bridgehead atoms. The van der Waals surface area contributed by atoms with E-state index < -0.39 is 0 Å². The molecule has 644 valence electrons. The smallest absolute Gasteiger partial charge is 0.198 e. The van der Waals surface area contributed by atoms with Crippen LogP contribution < -0.4 is 27.5 Å². The highest BCUT2D eigenvalue weighted by molar-refractivity contribution is 6.03. The fraction of sp³-hybridized carbons (Fsp3) is 0.756. The van der Waals surface area contributed by atoms with Crippen molar-refractivity contribution in [2.24, 2.45) is 0 Å². The summed E-state index contributed by atoms with van der Waals surface area (Å²) in [6, 6.07) is 14.8. The molecule has 3 rings (SSSR count). The summed E-state index contributed by atoms with van der Waals surface area (Å²) in [6.07, 6.45) is 9.09. The van der Waals surface area contributed by atoms with Gasteiger partial charge in [0.2, 0.25) is 0 Å². The van der Waals surface area contributed by atoms with Crippen LogP contribution in [0.2, 0.25) is 0 Å². The minimum Gasteiger partial charge on any atom is -1.00 e. The van der Waals surface area contributed by atoms with Gasteiger partial charge in [0, 0.05) is 24.4 Å². The van der Waals surface area contributed by atoms with E-state index in [9.17, 15) is 0 Å². The second-order valence-electron chi connectivity index (χ2n) is 23.3. The summed E-state index contributed by atoms with van der Waals surface area (Å²) < 4.78 is 150. The number of aliphatic hydroxyl groups is 3. The van der Waals surface area contributed by atoms with Gasteiger partial charge in [-0.3, -0.25) is 0 Å². The molecular formula is C78H135ClN2O30. The standard InChI is InChI=1S/C78H134N2O30.ClH/c1-84-77-70-74(3-2-71(77)12-18-85-24-30-91-36-42-97-48-51-100-45-39-94-33-27-88-21-15-81)78(72-4-8-75(9-5-72)79-13-19-86-25-31-92-37-43-98-49-54-103-58-62-107-66-68-109-64-60-105-56-52-101-46-40-95-34-28-89-22-16-82)73-6-10-76(11-7-73)80-14-20-87-26-32-93-38-44-99-50-55-104-59-63-108-67-69-110-65-61-106-57-53-102-47-41-96-35-29-90-23-17-83;/h2-11,70,79,81-83H,12-69H2,1H3;1H. The molecule has 0 saturated heterocycles. The molecule has 33 heteroatoms. The third kappa shape index (κ3) is 65.9. The van der Waals surface area contributed by atoms with Gasteiger partial charge >= 0.3 is 0 Å². The fourth-order valence-corrected chi connectivity index (χ4v) is 9.39. The van der Waals surface area contributed by atoms with Crippen molar-refractivity contribution in [3.63, 3.8) is 0 Å². The maximum atomic E-state index is 8.74. The minimum absolute atomic E-state index is 0. The average molecular weight is 1620 g/mol. The number of hydrogen-bond donors (Lipinski definition) is 5. The minimum atomic E-state index is 0. The number of benzene rings is 2. The maximum absolute atomic E-state index is 8.74. The number of nitrogens with one attached hydrogen (secondary N) is 2. The molecule has 0 heterocycles. The quantitative estimate of drug-likeness (QED) is 0.0471. The molecule has 0 aliphatic heterocycles. The Hall–Kier alpha value is -3.94.